The monoisotopic (exact) mass is 258 g/mol. The lowest BCUT2D eigenvalue weighted by atomic mass is 10.1. The number of alkyl halides is 3. The molecule has 0 aliphatic rings. The molecule has 18 heavy (non-hydrogen) atoms. The van der Waals surface area contributed by atoms with Gasteiger partial charge in [-0.25, -0.2) is 0 Å². The number of hydrogen-bond acceptors (Lipinski definition) is 3. The zero-order valence-corrected chi connectivity index (χ0v) is 9.93. The number of allylic oxidation sites excluding steroid dienone is 2. The third-order valence-electron chi connectivity index (χ3n) is 2.04. The number of hydrogen-bond donors (Lipinski definition) is 2. The minimum absolute atomic E-state index is 0.00273. The minimum Gasteiger partial charge on any atom is -0.399 e. The van der Waals surface area contributed by atoms with Gasteiger partial charge in [0.25, 0.3) is 0 Å². The minimum atomic E-state index is -4.45. The summed E-state index contributed by atoms with van der Waals surface area (Å²) in [6.45, 7) is 2.93. The molecule has 0 heterocycles. The van der Waals surface area contributed by atoms with Crippen molar-refractivity contribution in [1.29, 1.82) is 0 Å². The molecule has 1 rings (SSSR count). The van der Waals surface area contributed by atoms with Gasteiger partial charge in [0.2, 0.25) is 0 Å². The Morgan fingerprint density at radius 2 is 1.89 bits per heavy atom. The normalized spacial score (nSPS) is 12.4. The molecule has 0 saturated heterocycles. The fourth-order valence-electron chi connectivity index (χ4n) is 1.46. The summed E-state index contributed by atoms with van der Waals surface area (Å²) in [6, 6.07) is 3.16. The standard InChI is InChI=1S/C12H13F3N2O/c1-7(3-8(2)18)17-11-5-9(12(13,14)15)4-10(16)6-11/h3-6,17H,16H2,1-2H3/b7-3+. The molecule has 6 heteroatoms. The lowest BCUT2D eigenvalue weighted by Gasteiger charge is -2.12. The van der Waals surface area contributed by atoms with E-state index in [2.05, 4.69) is 5.32 Å². The van der Waals surface area contributed by atoms with Gasteiger partial charge in [0, 0.05) is 17.1 Å². The molecule has 0 saturated carbocycles. The summed E-state index contributed by atoms with van der Waals surface area (Å²) in [6.07, 6.45) is -3.17. The van der Waals surface area contributed by atoms with E-state index in [1.807, 2.05) is 0 Å². The van der Waals surface area contributed by atoms with Gasteiger partial charge in [0.15, 0.2) is 5.78 Å². The highest BCUT2D eigenvalue weighted by atomic mass is 19.4. The van der Waals surface area contributed by atoms with Gasteiger partial charge in [-0.05, 0) is 38.1 Å². The lowest BCUT2D eigenvalue weighted by molar-refractivity contribution is -0.137. The van der Waals surface area contributed by atoms with E-state index >= 15 is 0 Å². The number of rotatable bonds is 3. The highest BCUT2D eigenvalue weighted by Crippen LogP contribution is 2.32. The van der Waals surface area contributed by atoms with Gasteiger partial charge >= 0.3 is 6.18 Å². The number of carbonyl (C=O) groups excluding carboxylic acids is 1. The average molecular weight is 258 g/mol. The van der Waals surface area contributed by atoms with Crippen LogP contribution in [0.1, 0.15) is 19.4 Å². The average Bonchev–Trinajstić information content (AvgIpc) is 2.13. The molecule has 0 spiro atoms. The first-order valence-corrected chi connectivity index (χ1v) is 5.12. The number of benzene rings is 1. The molecule has 0 atom stereocenters. The smallest absolute Gasteiger partial charge is 0.399 e. The second-order valence-electron chi connectivity index (χ2n) is 3.90. The van der Waals surface area contributed by atoms with Gasteiger partial charge in [-0.3, -0.25) is 4.79 Å². The first kappa shape index (κ1) is 14.1. The molecule has 0 aliphatic heterocycles. The Balaban J connectivity index is 3.04. The summed E-state index contributed by atoms with van der Waals surface area (Å²) >= 11 is 0. The van der Waals surface area contributed by atoms with Crippen LogP contribution in [0.2, 0.25) is 0 Å². The fraction of sp³-hybridized carbons (Fsp3) is 0.250. The van der Waals surface area contributed by atoms with Crippen LogP contribution in [0, 0.1) is 0 Å². The van der Waals surface area contributed by atoms with Crippen LogP contribution in [0.5, 0.6) is 0 Å². The van der Waals surface area contributed by atoms with Crippen molar-refractivity contribution in [3.8, 4) is 0 Å². The van der Waals surface area contributed by atoms with E-state index in [1.165, 1.54) is 19.1 Å². The molecular weight excluding hydrogens is 245 g/mol. The number of nitrogens with two attached hydrogens (primary N) is 1. The molecule has 1 aromatic rings. The summed E-state index contributed by atoms with van der Waals surface area (Å²) in [7, 11) is 0. The Hall–Kier alpha value is -1.98. The molecule has 0 fully saturated rings. The molecule has 3 nitrogen and oxygen atoms in total. The van der Waals surface area contributed by atoms with Crippen molar-refractivity contribution < 1.29 is 18.0 Å². The number of anilines is 2. The van der Waals surface area contributed by atoms with E-state index in [0.29, 0.717) is 5.70 Å². The van der Waals surface area contributed by atoms with E-state index in [-0.39, 0.29) is 17.2 Å². The Labute approximate surface area is 102 Å². The van der Waals surface area contributed by atoms with Gasteiger partial charge in [-0.2, -0.15) is 13.2 Å². The van der Waals surface area contributed by atoms with E-state index in [1.54, 1.807) is 6.92 Å². The Kier molecular flexibility index (Phi) is 4.00. The summed E-state index contributed by atoms with van der Waals surface area (Å²) in [4.78, 5) is 10.8. The summed E-state index contributed by atoms with van der Waals surface area (Å²) in [5.74, 6) is -0.194. The van der Waals surface area contributed by atoms with Gasteiger partial charge in [-0.15, -0.1) is 0 Å². The molecule has 3 N–H and O–H groups in total. The molecule has 0 aromatic heterocycles. The molecule has 0 radical (unpaired) electrons. The Morgan fingerprint density at radius 3 is 2.39 bits per heavy atom. The van der Waals surface area contributed by atoms with Crippen LogP contribution >= 0.6 is 0 Å². The molecule has 98 valence electrons. The number of nitrogens with one attached hydrogen (secondary N) is 1. The zero-order valence-electron chi connectivity index (χ0n) is 9.93. The van der Waals surface area contributed by atoms with E-state index < -0.39 is 11.7 Å². The topological polar surface area (TPSA) is 55.1 Å². The van der Waals surface area contributed by atoms with Gasteiger partial charge in [0.1, 0.15) is 0 Å². The van der Waals surface area contributed by atoms with E-state index in [0.717, 1.165) is 12.1 Å². The van der Waals surface area contributed by atoms with Crippen molar-refractivity contribution in [2.45, 2.75) is 20.0 Å². The Bertz CT molecular complexity index is 493. The molecule has 0 amide bonds. The second-order valence-corrected chi connectivity index (χ2v) is 3.90. The number of halogens is 3. The van der Waals surface area contributed by atoms with Crippen LogP contribution in [0.15, 0.2) is 30.0 Å². The van der Waals surface area contributed by atoms with Crippen LogP contribution < -0.4 is 11.1 Å². The number of nitrogen functional groups attached to an aromatic ring is 1. The maximum atomic E-state index is 12.5. The SMILES string of the molecule is CC(=O)/C=C(\C)Nc1cc(N)cc(C(F)(F)F)c1. The van der Waals surface area contributed by atoms with Crippen molar-refractivity contribution in [2.75, 3.05) is 11.1 Å². The van der Waals surface area contributed by atoms with Gasteiger partial charge in [0.05, 0.1) is 5.56 Å². The Morgan fingerprint density at radius 1 is 1.28 bits per heavy atom. The maximum absolute atomic E-state index is 12.5. The lowest BCUT2D eigenvalue weighted by Crippen LogP contribution is -2.07. The molecule has 0 aliphatic carbocycles. The van der Waals surface area contributed by atoms with Gasteiger partial charge in [-0.1, -0.05) is 0 Å². The van der Waals surface area contributed by atoms with Crippen molar-refractivity contribution >= 4 is 17.2 Å². The van der Waals surface area contributed by atoms with E-state index in [9.17, 15) is 18.0 Å². The van der Waals surface area contributed by atoms with Crippen molar-refractivity contribution in [2.24, 2.45) is 0 Å². The van der Waals surface area contributed by atoms with E-state index in [4.69, 9.17) is 5.73 Å². The zero-order chi connectivity index (χ0) is 13.9. The summed E-state index contributed by atoms with van der Waals surface area (Å²) in [5, 5.41) is 2.69. The third kappa shape index (κ3) is 4.12. The molecule has 0 unspecified atom stereocenters. The molecular formula is C12H13F3N2O. The predicted octanol–water partition coefficient (Wildman–Crippen LogP) is 3.19. The van der Waals surface area contributed by atoms with Crippen molar-refractivity contribution in [3.05, 3.63) is 35.5 Å². The van der Waals surface area contributed by atoms with Crippen LogP contribution in [0.25, 0.3) is 0 Å². The fourth-order valence-corrected chi connectivity index (χ4v) is 1.46. The molecule has 1 aromatic carbocycles. The van der Waals surface area contributed by atoms with Crippen molar-refractivity contribution in [1.82, 2.24) is 0 Å². The van der Waals surface area contributed by atoms with Crippen LogP contribution in [0.3, 0.4) is 0 Å². The number of ketones is 1. The quantitative estimate of drug-likeness (QED) is 0.646. The first-order chi connectivity index (χ1) is 8.18. The highest BCUT2D eigenvalue weighted by Gasteiger charge is 2.31. The van der Waals surface area contributed by atoms with Crippen molar-refractivity contribution in [3.63, 3.8) is 0 Å². The first-order valence-electron chi connectivity index (χ1n) is 5.12. The van der Waals surface area contributed by atoms with Gasteiger partial charge < -0.3 is 11.1 Å². The summed E-state index contributed by atoms with van der Waals surface area (Å²) in [5.41, 5.74) is 5.21. The second kappa shape index (κ2) is 5.12. The largest absolute Gasteiger partial charge is 0.416 e. The highest BCUT2D eigenvalue weighted by molar-refractivity contribution is 5.88. The third-order valence-corrected chi connectivity index (χ3v) is 2.04. The van der Waals surface area contributed by atoms with Crippen LogP contribution in [-0.4, -0.2) is 5.78 Å². The predicted molar refractivity (Wildman–Crippen MR) is 63.9 cm³/mol. The maximum Gasteiger partial charge on any atom is 0.416 e. The number of carbonyl (C=O) groups is 1. The van der Waals surface area contributed by atoms with Crippen LogP contribution in [0.4, 0.5) is 24.5 Å². The summed E-state index contributed by atoms with van der Waals surface area (Å²) < 4.78 is 37.6. The molecule has 0 bridgehead atoms. The van der Waals surface area contributed by atoms with Crippen LogP contribution in [-0.2, 0) is 11.0 Å².